The molecule has 4 aromatic heterocycles. The lowest BCUT2D eigenvalue weighted by molar-refractivity contribution is 0.122. The van der Waals surface area contributed by atoms with E-state index < -0.39 is 0 Å². The lowest BCUT2D eigenvalue weighted by atomic mass is 10.1. The van der Waals surface area contributed by atoms with Crippen LogP contribution in [0.5, 0.6) is 0 Å². The number of anilines is 1. The molecule has 0 N–H and O–H groups in total. The first-order valence-electron chi connectivity index (χ1n) is 10.6. The van der Waals surface area contributed by atoms with E-state index in [1.807, 2.05) is 70.3 Å². The Kier molecular flexibility index (Phi) is 4.62. The number of hydrogen-bond donors (Lipinski definition) is 0. The first-order valence-corrected chi connectivity index (χ1v) is 10.6. The molecule has 0 radical (unpaired) electrons. The highest BCUT2D eigenvalue weighted by Crippen LogP contribution is 2.26. The number of fused-ring (bicyclic) bond motifs is 1. The minimum Gasteiger partial charge on any atom is -0.378 e. The van der Waals surface area contributed by atoms with Crippen molar-refractivity contribution < 1.29 is 4.74 Å². The van der Waals surface area contributed by atoms with Gasteiger partial charge in [0.05, 0.1) is 25.1 Å². The summed E-state index contributed by atoms with van der Waals surface area (Å²) in [4.78, 5) is 11.4. The van der Waals surface area contributed by atoms with E-state index in [-0.39, 0.29) is 0 Å². The summed E-state index contributed by atoms with van der Waals surface area (Å²) in [6.07, 6.45) is 7.45. The Morgan fingerprint density at radius 1 is 0.844 bits per heavy atom. The molecule has 0 bridgehead atoms. The molecule has 0 saturated carbocycles. The average Bonchev–Trinajstić information content (AvgIpc) is 3.53. The van der Waals surface area contributed by atoms with Gasteiger partial charge in [-0.05, 0) is 17.7 Å². The summed E-state index contributed by atoms with van der Waals surface area (Å²) in [5, 5.41) is 9.44. The van der Waals surface area contributed by atoms with Gasteiger partial charge in [0.25, 0.3) is 0 Å². The Balaban J connectivity index is 1.48. The van der Waals surface area contributed by atoms with Gasteiger partial charge in [-0.2, -0.15) is 14.7 Å². The van der Waals surface area contributed by atoms with Crippen molar-refractivity contribution in [3.8, 4) is 28.2 Å². The molecule has 0 atom stereocenters. The molecule has 8 heteroatoms. The molecule has 1 aliphatic heterocycles. The van der Waals surface area contributed by atoms with Gasteiger partial charge in [0.2, 0.25) is 0 Å². The maximum atomic E-state index is 5.56. The number of nitrogens with zero attached hydrogens (tertiary/aromatic N) is 7. The molecule has 32 heavy (non-hydrogen) atoms. The van der Waals surface area contributed by atoms with Crippen molar-refractivity contribution in [3.05, 3.63) is 79.4 Å². The van der Waals surface area contributed by atoms with Crippen LogP contribution < -0.4 is 4.90 Å². The van der Waals surface area contributed by atoms with Crippen LogP contribution in [0, 0.1) is 0 Å². The van der Waals surface area contributed by atoms with Crippen molar-refractivity contribution in [1.82, 2.24) is 29.4 Å². The molecular formula is C24H21N7O. The summed E-state index contributed by atoms with van der Waals surface area (Å²) in [5.41, 5.74) is 4.72. The second-order valence-corrected chi connectivity index (χ2v) is 7.65. The van der Waals surface area contributed by atoms with Gasteiger partial charge in [0, 0.05) is 54.9 Å². The molecule has 0 amide bonds. The Bertz CT molecular complexity index is 1360. The van der Waals surface area contributed by atoms with E-state index in [0.29, 0.717) is 13.2 Å². The maximum absolute atomic E-state index is 5.56. The molecule has 5 aromatic rings. The van der Waals surface area contributed by atoms with E-state index in [1.165, 1.54) is 0 Å². The highest BCUT2D eigenvalue weighted by atomic mass is 16.5. The summed E-state index contributed by atoms with van der Waals surface area (Å²) in [5.74, 6) is 1.72. The van der Waals surface area contributed by atoms with Crippen LogP contribution in [0.4, 0.5) is 5.82 Å². The molecule has 5 heterocycles. The number of morpholine rings is 1. The third kappa shape index (κ3) is 3.40. The van der Waals surface area contributed by atoms with Gasteiger partial charge in [-0.3, -0.25) is 4.98 Å². The summed E-state index contributed by atoms with van der Waals surface area (Å²) in [7, 11) is 0. The quantitative estimate of drug-likeness (QED) is 0.441. The highest BCUT2D eigenvalue weighted by Gasteiger charge is 2.19. The molecule has 6 rings (SSSR count). The van der Waals surface area contributed by atoms with E-state index in [1.54, 1.807) is 6.20 Å². The van der Waals surface area contributed by atoms with Gasteiger partial charge in [0.1, 0.15) is 5.82 Å². The van der Waals surface area contributed by atoms with Gasteiger partial charge in [-0.25, -0.2) is 9.67 Å². The van der Waals surface area contributed by atoms with Crippen LogP contribution in [0.2, 0.25) is 0 Å². The number of ether oxygens (including phenoxy) is 1. The molecule has 8 nitrogen and oxygen atoms in total. The topological polar surface area (TPSA) is 73.4 Å². The largest absolute Gasteiger partial charge is 0.378 e. The third-order valence-electron chi connectivity index (χ3n) is 5.61. The Morgan fingerprint density at radius 3 is 2.50 bits per heavy atom. The summed E-state index contributed by atoms with van der Waals surface area (Å²) >= 11 is 0. The fraction of sp³-hybridized carbons (Fsp3) is 0.167. The molecule has 1 saturated heterocycles. The molecule has 0 aliphatic carbocycles. The Hall–Kier alpha value is -4.04. The van der Waals surface area contributed by atoms with E-state index in [2.05, 4.69) is 27.1 Å². The summed E-state index contributed by atoms with van der Waals surface area (Å²) in [6, 6.07) is 18.2. The second kappa shape index (κ2) is 7.90. The normalized spacial score (nSPS) is 14.2. The lowest BCUT2D eigenvalue weighted by Gasteiger charge is -2.29. The molecule has 0 unspecified atom stereocenters. The third-order valence-corrected chi connectivity index (χ3v) is 5.61. The average molecular weight is 423 g/mol. The molecule has 158 valence electrons. The molecule has 1 aliphatic rings. The maximum Gasteiger partial charge on any atom is 0.160 e. The smallest absolute Gasteiger partial charge is 0.160 e. The van der Waals surface area contributed by atoms with Crippen molar-refractivity contribution in [2.24, 2.45) is 0 Å². The fourth-order valence-electron chi connectivity index (χ4n) is 3.96. The van der Waals surface area contributed by atoms with Crippen molar-refractivity contribution >= 4 is 11.5 Å². The summed E-state index contributed by atoms with van der Waals surface area (Å²) < 4.78 is 9.29. The monoisotopic (exact) mass is 423 g/mol. The zero-order valence-electron chi connectivity index (χ0n) is 17.4. The number of aromatic nitrogens is 6. The minimum atomic E-state index is 0.690. The minimum absolute atomic E-state index is 0.690. The van der Waals surface area contributed by atoms with Crippen molar-refractivity contribution in [2.45, 2.75) is 0 Å². The van der Waals surface area contributed by atoms with Crippen molar-refractivity contribution in [3.63, 3.8) is 0 Å². The second-order valence-electron chi connectivity index (χ2n) is 7.65. The van der Waals surface area contributed by atoms with Gasteiger partial charge in [-0.15, -0.1) is 0 Å². The molecular weight excluding hydrogens is 402 g/mol. The van der Waals surface area contributed by atoms with Gasteiger partial charge in [0.15, 0.2) is 11.5 Å². The molecule has 1 aromatic carbocycles. The Labute approximate surface area is 184 Å². The van der Waals surface area contributed by atoms with Crippen LogP contribution in [-0.4, -0.2) is 55.7 Å². The van der Waals surface area contributed by atoms with Crippen LogP contribution in [-0.2, 0) is 4.74 Å². The van der Waals surface area contributed by atoms with Crippen molar-refractivity contribution in [1.29, 1.82) is 0 Å². The van der Waals surface area contributed by atoms with Crippen LogP contribution in [0.3, 0.4) is 0 Å². The van der Waals surface area contributed by atoms with Crippen molar-refractivity contribution in [2.75, 3.05) is 31.2 Å². The number of hydrogen-bond acceptors (Lipinski definition) is 6. The van der Waals surface area contributed by atoms with Crippen LogP contribution in [0.25, 0.3) is 33.8 Å². The van der Waals surface area contributed by atoms with Crippen LogP contribution in [0.1, 0.15) is 0 Å². The zero-order chi connectivity index (χ0) is 21.3. The van der Waals surface area contributed by atoms with Crippen LogP contribution >= 0.6 is 0 Å². The lowest BCUT2D eigenvalue weighted by Crippen LogP contribution is -2.37. The Morgan fingerprint density at radius 2 is 1.69 bits per heavy atom. The van der Waals surface area contributed by atoms with E-state index in [0.717, 1.165) is 52.8 Å². The van der Waals surface area contributed by atoms with E-state index >= 15 is 0 Å². The summed E-state index contributed by atoms with van der Waals surface area (Å²) in [6.45, 7) is 2.98. The zero-order valence-corrected chi connectivity index (χ0v) is 17.4. The van der Waals surface area contributed by atoms with Crippen LogP contribution in [0.15, 0.2) is 79.4 Å². The predicted octanol–water partition coefficient (Wildman–Crippen LogP) is 3.48. The van der Waals surface area contributed by atoms with E-state index in [9.17, 15) is 0 Å². The van der Waals surface area contributed by atoms with E-state index in [4.69, 9.17) is 14.8 Å². The van der Waals surface area contributed by atoms with Gasteiger partial charge >= 0.3 is 0 Å². The standard InChI is InChI=1S/C24H21N7O/c1-2-5-18(6-3-1)20-16-26-30(17-20)22-14-24(29-9-11-32-12-10-29)31-23(27-22)13-21(28-31)19-7-4-8-25-15-19/h1-8,13-17H,9-12H2. The molecule has 1 fully saturated rings. The predicted molar refractivity (Wildman–Crippen MR) is 122 cm³/mol. The SMILES string of the molecule is c1ccc(-c2cnn(-c3cc(N4CCOCC4)n4nc(-c5cccnc5)cc4n3)c2)cc1. The first kappa shape index (κ1) is 18.7. The molecule has 0 spiro atoms. The number of pyridine rings is 1. The number of rotatable bonds is 4. The highest BCUT2D eigenvalue weighted by molar-refractivity contribution is 5.67. The fourth-order valence-corrected chi connectivity index (χ4v) is 3.96. The number of benzene rings is 1. The van der Waals surface area contributed by atoms with Gasteiger partial charge < -0.3 is 9.64 Å². The van der Waals surface area contributed by atoms with Gasteiger partial charge in [-0.1, -0.05) is 30.3 Å². The first-order chi connectivity index (χ1) is 15.8.